The van der Waals surface area contributed by atoms with E-state index >= 15 is 0 Å². The van der Waals surface area contributed by atoms with E-state index in [1.54, 1.807) is 36.3 Å². The van der Waals surface area contributed by atoms with Crippen LogP contribution in [0.1, 0.15) is 18.2 Å². The van der Waals surface area contributed by atoms with E-state index in [0.717, 1.165) is 28.3 Å². The first-order chi connectivity index (χ1) is 17.0. The highest BCUT2D eigenvalue weighted by molar-refractivity contribution is 6.30. The van der Waals surface area contributed by atoms with Crippen molar-refractivity contribution in [2.24, 2.45) is 0 Å². The number of halogens is 1. The number of amides is 1. The molecule has 1 aliphatic heterocycles. The van der Waals surface area contributed by atoms with E-state index in [2.05, 4.69) is 0 Å². The fourth-order valence-electron chi connectivity index (χ4n) is 4.48. The number of aliphatic hydroxyl groups is 1. The van der Waals surface area contributed by atoms with Crippen LogP contribution in [0.2, 0.25) is 5.02 Å². The lowest BCUT2D eigenvalue weighted by Gasteiger charge is -2.19. The molecule has 0 saturated carbocycles. The quantitative estimate of drug-likeness (QED) is 0.388. The minimum atomic E-state index is -0.767. The molecule has 5 rings (SSSR count). The predicted molar refractivity (Wildman–Crippen MR) is 135 cm³/mol. The van der Waals surface area contributed by atoms with Crippen LogP contribution in [-0.4, -0.2) is 46.9 Å². The van der Waals surface area contributed by atoms with E-state index in [4.69, 9.17) is 26.1 Å². The molecule has 0 spiro atoms. The zero-order chi connectivity index (χ0) is 24.4. The number of hydrogen-bond donors (Lipinski definition) is 1. The van der Waals surface area contributed by atoms with E-state index in [1.165, 1.54) is 0 Å². The summed E-state index contributed by atoms with van der Waals surface area (Å²) in [6.07, 6.45) is -0.413. The standard InChI is InChI=1S/C27H26ClN3O4/c1-34-22-12-8-20(9-13-22)30-15-18(14-26(30)33)27-29-24-4-2-3-5-25(24)31(27)16-21(32)17-35-23-10-6-19(28)7-11-23/h2-13,18,21,32H,14-17H2,1H3/t18-,21-/m1/s1. The van der Waals surface area contributed by atoms with Crippen molar-refractivity contribution in [1.82, 2.24) is 9.55 Å². The molecule has 0 bridgehead atoms. The van der Waals surface area contributed by atoms with Gasteiger partial charge in [-0.3, -0.25) is 4.79 Å². The molecule has 2 heterocycles. The highest BCUT2D eigenvalue weighted by Gasteiger charge is 2.35. The number of imidazole rings is 1. The molecule has 0 aliphatic carbocycles. The van der Waals surface area contributed by atoms with Gasteiger partial charge in [0.1, 0.15) is 30.0 Å². The maximum Gasteiger partial charge on any atom is 0.227 e. The second kappa shape index (κ2) is 9.98. The Morgan fingerprint density at radius 3 is 2.51 bits per heavy atom. The number of carbonyl (C=O) groups excluding carboxylic acids is 1. The van der Waals surface area contributed by atoms with Crippen molar-refractivity contribution in [2.45, 2.75) is 25.0 Å². The van der Waals surface area contributed by atoms with Crippen molar-refractivity contribution in [2.75, 3.05) is 25.2 Å². The van der Waals surface area contributed by atoms with Gasteiger partial charge in [0, 0.05) is 29.6 Å². The van der Waals surface area contributed by atoms with Gasteiger partial charge in [-0.25, -0.2) is 4.98 Å². The number of hydrogen-bond acceptors (Lipinski definition) is 5. The summed E-state index contributed by atoms with van der Waals surface area (Å²) in [6, 6.07) is 22.3. The Kier molecular flexibility index (Phi) is 6.61. The van der Waals surface area contributed by atoms with Crippen molar-refractivity contribution >= 4 is 34.2 Å². The Hall–Kier alpha value is -3.55. The van der Waals surface area contributed by atoms with Crippen LogP contribution in [0.25, 0.3) is 11.0 Å². The third-order valence-corrected chi connectivity index (χ3v) is 6.46. The molecule has 1 fully saturated rings. The van der Waals surface area contributed by atoms with E-state index in [0.29, 0.717) is 30.3 Å². The molecule has 1 N–H and O–H groups in total. The predicted octanol–water partition coefficient (Wildman–Crippen LogP) is 4.66. The van der Waals surface area contributed by atoms with Crippen LogP contribution >= 0.6 is 11.6 Å². The summed E-state index contributed by atoms with van der Waals surface area (Å²) in [7, 11) is 1.62. The minimum Gasteiger partial charge on any atom is -0.497 e. The highest BCUT2D eigenvalue weighted by Crippen LogP contribution is 2.34. The second-order valence-electron chi connectivity index (χ2n) is 8.59. The Morgan fingerprint density at radius 2 is 1.77 bits per heavy atom. The van der Waals surface area contributed by atoms with E-state index in [-0.39, 0.29) is 18.4 Å². The van der Waals surface area contributed by atoms with Crippen molar-refractivity contribution in [3.63, 3.8) is 0 Å². The zero-order valence-electron chi connectivity index (χ0n) is 19.3. The van der Waals surface area contributed by atoms with Gasteiger partial charge in [-0.05, 0) is 60.7 Å². The minimum absolute atomic E-state index is 0.0467. The molecule has 1 saturated heterocycles. The normalized spacial score (nSPS) is 16.6. The number of nitrogens with zero attached hydrogens (tertiary/aromatic N) is 3. The van der Waals surface area contributed by atoms with Crippen molar-refractivity contribution in [3.8, 4) is 11.5 Å². The lowest BCUT2D eigenvalue weighted by Crippen LogP contribution is -2.26. The fraction of sp³-hybridized carbons (Fsp3) is 0.259. The Balaban J connectivity index is 1.36. The van der Waals surface area contributed by atoms with Gasteiger partial charge in [-0.15, -0.1) is 0 Å². The third-order valence-electron chi connectivity index (χ3n) is 6.21. The SMILES string of the molecule is COc1ccc(N2C[C@H](c3nc4ccccc4n3C[C@@H](O)COc3ccc(Cl)cc3)CC2=O)cc1. The summed E-state index contributed by atoms with van der Waals surface area (Å²) in [5.74, 6) is 2.13. The summed E-state index contributed by atoms with van der Waals surface area (Å²) in [5.41, 5.74) is 2.59. The number of rotatable bonds is 8. The summed E-state index contributed by atoms with van der Waals surface area (Å²) in [5, 5.41) is 11.4. The average Bonchev–Trinajstić information content (AvgIpc) is 3.44. The number of methoxy groups -OCH3 is 1. The fourth-order valence-corrected chi connectivity index (χ4v) is 4.60. The molecule has 0 radical (unpaired) electrons. The molecule has 8 heteroatoms. The topological polar surface area (TPSA) is 76.8 Å². The van der Waals surface area contributed by atoms with Crippen LogP contribution in [0, 0.1) is 0 Å². The van der Waals surface area contributed by atoms with Gasteiger partial charge < -0.3 is 24.0 Å². The number of aliphatic hydroxyl groups excluding tert-OH is 1. The number of anilines is 1. The molecule has 7 nitrogen and oxygen atoms in total. The largest absolute Gasteiger partial charge is 0.497 e. The van der Waals surface area contributed by atoms with Crippen molar-refractivity contribution < 1.29 is 19.4 Å². The molecule has 3 aromatic carbocycles. The number of carbonyl (C=O) groups is 1. The molecule has 1 aromatic heterocycles. The number of benzene rings is 3. The zero-order valence-corrected chi connectivity index (χ0v) is 20.1. The number of fused-ring (bicyclic) bond motifs is 1. The molecule has 0 unspecified atom stereocenters. The second-order valence-corrected chi connectivity index (χ2v) is 9.03. The molecule has 1 aliphatic rings. The van der Waals surface area contributed by atoms with Gasteiger partial charge in [0.05, 0.1) is 24.7 Å². The molecular weight excluding hydrogens is 466 g/mol. The van der Waals surface area contributed by atoms with E-state index < -0.39 is 6.10 Å². The molecule has 4 aromatic rings. The molecule has 35 heavy (non-hydrogen) atoms. The smallest absolute Gasteiger partial charge is 0.227 e. The summed E-state index contributed by atoms with van der Waals surface area (Å²) < 4.78 is 13.0. The van der Waals surface area contributed by atoms with Gasteiger partial charge in [0.25, 0.3) is 0 Å². The lowest BCUT2D eigenvalue weighted by atomic mass is 10.1. The summed E-state index contributed by atoms with van der Waals surface area (Å²) in [6.45, 7) is 0.942. The van der Waals surface area contributed by atoms with Crippen LogP contribution in [0.4, 0.5) is 5.69 Å². The van der Waals surface area contributed by atoms with Crippen LogP contribution in [0.3, 0.4) is 0 Å². The summed E-state index contributed by atoms with van der Waals surface area (Å²) >= 11 is 5.93. The maximum atomic E-state index is 12.9. The van der Waals surface area contributed by atoms with Crippen molar-refractivity contribution in [3.05, 3.63) is 83.6 Å². The molecule has 2 atom stereocenters. The van der Waals surface area contributed by atoms with E-state index in [1.807, 2.05) is 53.1 Å². The van der Waals surface area contributed by atoms with E-state index in [9.17, 15) is 9.90 Å². The number of aromatic nitrogens is 2. The van der Waals surface area contributed by atoms with Gasteiger partial charge in [0.2, 0.25) is 5.91 Å². The van der Waals surface area contributed by atoms with Gasteiger partial charge >= 0.3 is 0 Å². The molecule has 180 valence electrons. The first-order valence-corrected chi connectivity index (χ1v) is 11.9. The number of para-hydroxylation sites is 2. The maximum absolute atomic E-state index is 12.9. The lowest BCUT2D eigenvalue weighted by molar-refractivity contribution is -0.117. The third kappa shape index (κ3) is 4.97. The highest BCUT2D eigenvalue weighted by atomic mass is 35.5. The van der Waals surface area contributed by atoms with Crippen LogP contribution in [0.5, 0.6) is 11.5 Å². The Labute approximate surface area is 208 Å². The molecular formula is C27H26ClN3O4. The molecule has 1 amide bonds. The summed E-state index contributed by atoms with van der Waals surface area (Å²) in [4.78, 5) is 19.6. The first-order valence-electron chi connectivity index (χ1n) is 11.5. The first kappa shape index (κ1) is 23.2. The van der Waals surface area contributed by atoms with Gasteiger partial charge in [-0.2, -0.15) is 0 Å². The average molecular weight is 492 g/mol. The van der Waals surface area contributed by atoms with Crippen LogP contribution < -0.4 is 14.4 Å². The number of ether oxygens (including phenoxy) is 2. The van der Waals surface area contributed by atoms with Gasteiger partial charge in [-0.1, -0.05) is 23.7 Å². The van der Waals surface area contributed by atoms with Crippen LogP contribution in [0.15, 0.2) is 72.8 Å². The van der Waals surface area contributed by atoms with Crippen LogP contribution in [-0.2, 0) is 11.3 Å². The Bertz CT molecular complexity index is 1320. The van der Waals surface area contributed by atoms with Gasteiger partial charge in [0.15, 0.2) is 0 Å². The van der Waals surface area contributed by atoms with Crippen molar-refractivity contribution in [1.29, 1.82) is 0 Å². The Morgan fingerprint density at radius 1 is 1.06 bits per heavy atom. The monoisotopic (exact) mass is 491 g/mol.